The Morgan fingerprint density at radius 2 is 1.74 bits per heavy atom. The summed E-state index contributed by atoms with van der Waals surface area (Å²) in [6.45, 7) is 0.203. The van der Waals surface area contributed by atoms with E-state index in [1.165, 1.54) is 0 Å². The van der Waals surface area contributed by atoms with E-state index in [1.807, 2.05) is 52.6 Å². The van der Waals surface area contributed by atoms with Crippen molar-refractivity contribution in [1.82, 2.24) is 30.0 Å². The lowest BCUT2D eigenvalue weighted by Gasteiger charge is -2.16. The Labute approximate surface area is 157 Å². The maximum absolute atomic E-state index is 12.5. The van der Waals surface area contributed by atoms with E-state index in [4.69, 9.17) is 0 Å². The number of anilines is 2. The fraction of sp³-hybridized carbons (Fsp3) is 0.278. The van der Waals surface area contributed by atoms with Crippen LogP contribution in [0.25, 0.3) is 5.69 Å². The zero-order valence-corrected chi connectivity index (χ0v) is 15.8. The van der Waals surface area contributed by atoms with Gasteiger partial charge in [0.15, 0.2) is 5.82 Å². The highest BCUT2D eigenvalue weighted by atomic mass is 16.1. The number of hydrogen-bond donors (Lipinski definition) is 1. The first-order valence-electron chi connectivity index (χ1n) is 8.42. The zero-order valence-electron chi connectivity index (χ0n) is 15.8. The molecule has 0 aliphatic rings. The molecule has 2 aromatic heterocycles. The quantitative estimate of drug-likeness (QED) is 0.699. The van der Waals surface area contributed by atoms with Gasteiger partial charge in [0, 0.05) is 46.1 Å². The third-order valence-corrected chi connectivity index (χ3v) is 3.74. The highest BCUT2D eigenvalue weighted by molar-refractivity contribution is 5.94. The van der Waals surface area contributed by atoms with Crippen LogP contribution in [0.3, 0.4) is 0 Å². The van der Waals surface area contributed by atoms with Crippen molar-refractivity contribution >= 4 is 17.8 Å². The molecule has 0 saturated carbocycles. The molecule has 1 N–H and O–H groups in total. The van der Waals surface area contributed by atoms with Gasteiger partial charge < -0.3 is 15.1 Å². The standard InChI is InChI=1S/C18H22N8O/c1-24(2)17-21-15(22-18(23-17)25(3)4)12-19-16(27)13-7-5-8-14(11-13)26-10-6-9-20-26/h5-11H,12H2,1-4H3,(H,19,27). The van der Waals surface area contributed by atoms with Gasteiger partial charge in [0.25, 0.3) is 5.91 Å². The second-order valence-electron chi connectivity index (χ2n) is 6.32. The number of rotatable bonds is 6. The number of amides is 1. The number of nitrogens with one attached hydrogen (secondary N) is 1. The Bertz CT molecular complexity index is 895. The lowest BCUT2D eigenvalue weighted by atomic mass is 10.2. The van der Waals surface area contributed by atoms with Crippen molar-refractivity contribution in [3.05, 3.63) is 54.1 Å². The van der Waals surface area contributed by atoms with E-state index in [1.54, 1.807) is 32.8 Å². The van der Waals surface area contributed by atoms with Crippen LogP contribution < -0.4 is 15.1 Å². The largest absolute Gasteiger partial charge is 0.347 e. The summed E-state index contributed by atoms with van der Waals surface area (Å²) in [6, 6.07) is 9.09. The summed E-state index contributed by atoms with van der Waals surface area (Å²) in [4.78, 5) is 29.3. The summed E-state index contributed by atoms with van der Waals surface area (Å²) in [5, 5.41) is 7.04. The Morgan fingerprint density at radius 3 is 2.33 bits per heavy atom. The topological polar surface area (TPSA) is 92.1 Å². The van der Waals surface area contributed by atoms with Crippen molar-refractivity contribution in [2.75, 3.05) is 38.0 Å². The molecule has 0 aliphatic heterocycles. The second kappa shape index (κ2) is 7.81. The number of hydrogen-bond acceptors (Lipinski definition) is 7. The monoisotopic (exact) mass is 366 g/mol. The third-order valence-electron chi connectivity index (χ3n) is 3.74. The molecule has 0 spiro atoms. The number of aromatic nitrogens is 5. The highest BCUT2D eigenvalue weighted by Crippen LogP contribution is 2.12. The van der Waals surface area contributed by atoms with Gasteiger partial charge >= 0.3 is 0 Å². The van der Waals surface area contributed by atoms with Crippen LogP contribution in [0.4, 0.5) is 11.9 Å². The molecule has 2 heterocycles. The average Bonchev–Trinajstić information content (AvgIpc) is 3.20. The minimum atomic E-state index is -0.206. The molecule has 0 saturated heterocycles. The molecule has 1 amide bonds. The van der Waals surface area contributed by atoms with E-state index in [2.05, 4.69) is 25.4 Å². The fourth-order valence-corrected chi connectivity index (χ4v) is 2.35. The summed E-state index contributed by atoms with van der Waals surface area (Å²) in [6.07, 6.45) is 3.52. The number of carbonyl (C=O) groups excluding carboxylic acids is 1. The lowest BCUT2D eigenvalue weighted by molar-refractivity contribution is 0.0950. The van der Waals surface area contributed by atoms with Gasteiger partial charge in [-0.2, -0.15) is 20.1 Å². The van der Waals surface area contributed by atoms with Crippen LogP contribution in [-0.4, -0.2) is 58.8 Å². The fourth-order valence-electron chi connectivity index (χ4n) is 2.35. The van der Waals surface area contributed by atoms with Crippen LogP contribution in [-0.2, 0) is 6.54 Å². The third kappa shape index (κ3) is 4.38. The maximum atomic E-state index is 12.5. The van der Waals surface area contributed by atoms with Crippen molar-refractivity contribution in [2.24, 2.45) is 0 Å². The molecule has 0 atom stereocenters. The Morgan fingerprint density at radius 1 is 1.04 bits per heavy atom. The average molecular weight is 366 g/mol. The minimum absolute atomic E-state index is 0.203. The Kier molecular flexibility index (Phi) is 5.30. The second-order valence-corrected chi connectivity index (χ2v) is 6.32. The van der Waals surface area contributed by atoms with E-state index in [9.17, 15) is 4.79 Å². The number of nitrogens with zero attached hydrogens (tertiary/aromatic N) is 7. The zero-order chi connectivity index (χ0) is 19.4. The molecular formula is C18H22N8O. The molecule has 3 rings (SSSR count). The molecule has 0 bridgehead atoms. The van der Waals surface area contributed by atoms with Crippen LogP contribution in [0.2, 0.25) is 0 Å². The molecule has 1 aromatic carbocycles. The van der Waals surface area contributed by atoms with E-state index in [0.29, 0.717) is 23.3 Å². The molecule has 0 unspecified atom stereocenters. The number of carbonyl (C=O) groups is 1. The molecule has 0 radical (unpaired) electrons. The molecular weight excluding hydrogens is 344 g/mol. The van der Waals surface area contributed by atoms with Crippen LogP contribution in [0.5, 0.6) is 0 Å². The molecule has 140 valence electrons. The van der Waals surface area contributed by atoms with Crippen molar-refractivity contribution < 1.29 is 4.79 Å². The molecule has 3 aromatic rings. The first-order chi connectivity index (χ1) is 12.9. The van der Waals surface area contributed by atoms with Crippen LogP contribution >= 0.6 is 0 Å². The van der Waals surface area contributed by atoms with E-state index in [-0.39, 0.29) is 12.5 Å². The summed E-state index contributed by atoms with van der Waals surface area (Å²) in [5.74, 6) is 1.37. The molecule has 27 heavy (non-hydrogen) atoms. The molecule has 0 aliphatic carbocycles. The van der Waals surface area contributed by atoms with Gasteiger partial charge in [-0.1, -0.05) is 6.07 Å². The predicted octanol–water partition coefficient (Wildman–Crippen LogP) is 1.12. The smallest absolute Gasteiger partial charge is 0.251 e. The highest BCUT2D eigenvalue weighted by Gasteiger charge is 2.12. The van der Waals surface area contributed by atoms with Gasteiger partial charge in [-0.15, -0.1) is 0 Å². The van der Waals surface area contributed by atoms with Gasteiger partial charge in [-0.3, -0.25) is 4.79 Å². The summed E-state index contributed by atoms with van der Waals surface area (Å²) in [7, 11) is 7.44. The maximum Gasteiger partial charge on any atom is 0.251 e. The van der Waals surface area contributed by atoms with E-state index >= 15 is 0 Å². The summed E-state index contributed by atoms with van der Waals surface area (Å²) >= 11 is 0. The minimum Gasteiger partial charge on any atom is -0.347 e. The molecule has 0 fully saturated rings. The number of benzene rings is 1. The van der Waals surface area contributed by atoms with Crippen molar-refractivity contribution in [1.29, 1.82) is 0 Å². The van der Waals surface area contributed by atoms with E-state index < -0.39 is 0 Å². The first-order valence-corrected chi connectivity index (χ1v) is 8.42. The SMILES string of the molecule is CN(C)c1nc(CNC(=O)c2cccc(-n3cccn3)c2)nc(N(C)C)n1. The van der Waals surface area contributed by atoms with Crippen LogP contribution in [0, 0.1) is 0 Å². The van der Waals surface area contributed by atoms with Gasteiger partial charge in [-0.25, -0.2) is 4.68 Å². The van der Waals surface area contributed by atoms with Crippen molar-refractivity contribution in [2.45, 2.75) is 6.54 Å². The Balaban J connectivity index is 1.75. The Hall–Kier alpha value is -3.49. The lowest BCUT2D eigenvalue weighted by Crippen LogP contribution is -2.26. The van der Waals surface area contributed by atoms with Gasteiger partial charge in [0.1, 0.15) is 0 Å². The van der Waals surface area contributed by atoms with Crippen molar-refractivity contribution in [3.8, 4) is 5.69 Å². The first kappa shape index (κ1) is 18.3. The normalized spacial score (nSPS) is 10.5. The van der Waals surface area contributed by atoms with Crippen LogP contribution in [0.15, 0.2) is 42.7 Å². The van der Waals surface area contributed by atoms with Crippen molar-refractivity contribution in [3.63, 3.8) is 0 Å². The van der Waals surface area contributed by atoms with Gasteiger partial charge in [0.2, 0.25) is 11.9 Å². The predicted molar refractivity (Wildman–Crippen MR) is 103 cm³/mol. The van der Waals surface area contributed by atoms with E-state index in [0.717, 1.165) is 5.69 Å². The van der Waals surface area contributed by atoms with Crippen LogP contribution in [0.1, 0.15) is 16.2 Å². The summed E-state index contributed by atoms with van der Waals surface area (Å²) in [5.41, 5.74) is 1.36. The van der Waals surface area contributed by atoms with Gasteiger partial charge in [-0.05, 0) is 24.3 Å². The molecule has 9 heteroatoms. The van der Waals surface area contributed by atoms with Gasteiger partial charge in [0.05, 0.1) is 12.2 Å². The molecule has 9 nitrogen and oxygen atoms in total. The summed E-state index contributed by atoms with van der Waals surface area (Å²) < 4.78 is 1.70.